The highest BCUT2D eigenvalue weighted by Crippen LogP contribution is 2.07. The van der Waals surface area contributed by atoms with E-state index in [2.05, 4.69) is 15.6 Å². The summed E-state index contributed by atoms with van der Waals surface area (Å²) < 4.78 is 5.12. The van der Waals surface area contributed by atoms with Crippen molar-refractivity contribution in [2.24, 2.45) is 5.73 Å². The van der Waals surface area contributed by atoms with Gasteiger partial charge in [-0.25, -0.2) is 4.98 Å². The van der Waals surface area contributed by atoms with E-state index in [4.69, 9.17) is 10.2 Å². The standard InChI is InChI=1S/C15H20N4O2/c1-11-3-4-14(19-9-11)17-5-2-6-18-15(20)12-7-13(8-16)21-10-12/h3-4,7,9-10H,2,5-6,8,16H2,1H3,(H,17,19)(H,18,20). The molecule has 2 aromatic rings. The lowest BCUT2D eigenvalue weighted by Crippen LogP contribution is -2.25. The van der Waals surface area contributed by atoms with Crippen LogP contribution < -0.4 is 16.4 Å². The van der Waals surface area contributed by atoms with Gasteiger partial charge in [-0.1, -0.05) is 6.07 Å². The van der Waals surface area contributed by atoms with Crippen molar-refractivity contribution < 1.29 is 9.21 Å². The molecule has 6 heteroatoms. The maximum Gasteiger partial charge on any atom is 0.254 e. The van der Waals surface area contributed by atoms with Gasteiger partial charge in [-0.15, -0.1) is 0 Å². The van der Waals surface area contributed by atoms with Crippen molar-refractivity contribution in [1.29, 1.82) is 0 Å². The van der Waals surface area contributed by atoms with Crippen molar-refractivity contribution in [3.05, 3.63) is 47.5 Å². The number of amides is 1. The lowest BCUT2D eigenvalue weighted by molar-refractivity contribution is 0.0953. The highest BCUT2D eigenvalue weighted by Gasteiger charge is 2.08. The van der Waals surface area contributed by atoms with Crippen LogP contribution in [-0.4, -0.2) is 24.0 Å². The largest absolute Gasteiger partial charge is 0.467 e. The van der Waals surface area contributed by atoms with Crippen LogP contribution in [-0.2, 0) is 6.54 Å². The van der Waals surface area contributed by atoms with Crippen molar-refractivity contribution in [2.45, 2.75) is 19.9 Å². The summed E-state index contributed by atoms with van der Waals surface area (Å²) in [6, 6.07) is 5.60. The lowest BCUT2D eigenvalue weighted by atomic mass is 10.3. The van der Waals surface area contributed by atoms with Crippen LogP contribution >= 0.6 is 0 Å². The van der Waals surface area contributed by atoms with Crippen LogP contribution in [0.5, 0.6) is 0 Å². The molecule has 0 aliphatic heterocycles. The fourth-order valence-electron chi connectivity index (χ4n) is 1.79. The molecule has 0 radical (unpaired) electrons. The Bertz CT molecular complexity index is 578. The first-order valence-electron chi connectivity index (χ1n) is 6.91. The minimum absolute atomic E-state index is 0.146. The van der Waals surface area contributed by atoms with Gasteiger partial charge in [0.15, 0.2) is 0 Å². The molecule has 0 saturated heterocycles. The molecule has 4 N–H and O–H groups in total. The van der Waals surface area contributed by atoms with Crippen LogP contribution in [0.2, 0.25) is 0 Å². The monoisotopic (exact) mass is 288 g/mol. The molecule has 21 heavy (non-hydrogen) atoms. The molecule has 0 saturated carbocycles. The third kappa shape index (κ3) is 4.61. The lowest BCUT2D eigenvalue weighted by Gasteiger charge is -2.06. The van der Waals surface area contributed by atoms with E-state index in [1.54, 1.807) is 6.07 Å². The predicted molar refractivity (Wildman–Crippen MR) is 81.0 cm³/mol. The summed E-state index contributed by atoms with van der Waals surface area (Å²) in [5.41, 5.74) is 7.06. The van der Waals surface area contributed by atoms with E-state index >= 15 is 0 Å². The average Bonchev–Trinajstić information content (AvgIpc) is 2.98. The Kier molecular flexibility index (Phi) is 5.34. The summed E-state index contributed by atoms with van der Waals surface area (Å²) in [5.74, 6) is 1.30. The number of aromatic nitrogens is 1. The van der Waals surface area contributed by atoms with Crippen molar-refractivity contribution in [2.75, 3.05) is 18.4 Å². The zero-order chi connectivity index (χ0) is 15.1. The van der Waals surface area contributed by atoms with E-state index < -0.39 is 0 Å². The van der Waals surface area contributed by atoms with Crippen LogP contribution in [0.4, 0.5) is 5.82 Å². The first-order chi connectivity index (χ1) is 10.2. The molecule has 0 bridgehead atoms. The van der Waals surface area contributed by atoms with E-state index in [1.165, 1.54) is 6.26 Å². The first-order valence-corrected chi connectivity index (χ1v) is 6.91. The summed E-state index contributed by atoms with van der Waals surface area (Å²) in [7, 11) is 0. The van der Waals surface area contributed by atoms with Crippen molar-refractivity contribution >= 4 is 11.7 Å². The summed E-state index contributed by atoms with van der Waals surface area (Å²) in [5, 5.41) is 6.03. The molecule has 0 spiro atoms. The van der Waals surface area contributed by atoms with Crippen LogP contribution in [0.3, 0.4) is 0 Å². The molecular weight excluding hydrogens is 268 g/mol. The zero-order valence-corrected chi connectivity index (χ0v) is 12.1. The maximum atomic E-state index is 11.8. The third-order valence-electron chi connectivity index (χ3n) is 2.97. The number of carbonyl (C=O) groups excluding carboxylic acids is 1. The molecule has 0 aromatic carbocycles. The maximum absolute atomic E-state index is 11.8. The Labute approximate surface area is 123 Å². The van der Waals surface area contributed by atoms with Crippen LogP contribution in [0, 0.1) is 6.92 Å². The summed E-state index contributed by atoms with van der Waals surface area (Å²) in [6.07, 6.45) is 4.05. The molecule has 0 aliphatic rings. The van der Waals surface area contributed by atoms with Gasteiger partial charge in [-0.3, -0.25) is 4.79 Å². The topological polar surface area (TPSA) is 93.2 Å². The highest BCUT2D eigenvalue weighted by molar-refractivity contribution is 5.93. The number of pyridine rings is 1. The van der Waals surface area contributed by atoms with Gasteiger partial charge in [0.25, 0.3) is 5.91 Å². The molecule has 0 atom stereocenters. The van der Waals surface area contributed by atoms with Crippen LogP contribution in [0.15, 0.2) is 35.1 Å². The number of furan rings is 1. The molecule has 0 unspecified atom stereocenters. The predicted octanol–water partition coefficient (Wildman–Crippen LogP) is 1.67. The second-order valence-corrected chi connectivity index (χ2v) is 4.76. The van der Waals surface area contributed by atoms with E-state index in [9.17, 15) is 4.79 Å². The molecule has 2 aromatic heterocycles. The Morgan fingerprint density at radius 2 is 2.24 bits per heavy atom. The summed E-state index contributed by atoms with van der Waals surface area (Å²) in [4.78, 5) is 16.0. The van der Waals surface area contributed by atoms with E-state index in [0.717, 1.165) is 24.3 Å². The number of rotatable bonds is 7. The Morgan fingerprint density at radius 3 is 2.90 bits per heavy atom. The summed E-state index contributed by atoms with van der Waals surface area (Å²) >= 11 is 0. The van der Waals surface area contributed by atoms with E-state index in [-0.39, 0.29) is 5.91 Å². The number of nitrogens with two attached hydrogens (primary N) is 1. The quantitative estimate of drug-likeness (QED) is 0.674. The molecule has 0 fully saturated rings. The van der Waals surface area contributed by atoms with E-state index in [1.807, 2.05) is 25.3 Å². The Morgan fingerprint density at radius 1 is 1.38 bits per heavy atom. The minimum atomic E-state index is -0.146. The molecule has 112 valence electrons. The third-order valence-corrected chi connectivity index (χ3v) is 2.97. The number of nitrogens with one attached hydrogen (secondary N) is 2. The first kappa shape index (κ1) is 15.1. The van der Waals surface area contributed by atoms with Crippen LogP contribution in [0.1, 0.15) is 28.1 Å². The second-order valence-electron chi connectivity index (χ2n) is 4.76. The highest BCUT2D eigenvalue weighted by atomic mass is 16.3. The molecular formula is C15H20N4O2. The summed E-state index contributed by atoms with van der Waals surface area (Å²) in [6.45, 7) is 3.62. The fraction of sp³-hybridized carbons (Fsp3) is 0.333. The number of anilines is 1. The van der Waals surface area contributed by atoms with Crippen LogP contribution in [0.25, 0.3) is 0 Å². The Balaban J connectivity index is 1.65. The van der Waals surface area contributed by atoms with Crippen molar-refractivity contribution in [1.82, 2.24) is 10.3 Å². The number of nitrogens with zero attached hydrogens (tertiary/aromatic N) is 1. The second kappa shape index (κ2) is 7.44. The van der Waals surface area contributed by atoms with Gasteiger partial charge in [0.05, 0.1) is 12.1 Å². The van der Waals surface area contributed by atoms with Gasteiger partial charge in [0.2, 0.25) is 0 Å². The number of aryl methyl sites for hydroxylation is 1. The van der Waals surface area contributed by atoms with Gasteiger partial charge < -0.3 is 20.8 Å². The molecule has 2 heterocycles. The molecule has 6 nitrogen and oxygen atoms in total. The van der Waals surface area contributed by atoms with Gasteiger partial charge >= 0.3 is 0 Å². The normalized spacial score (nSPS) is 10.4. The van der Waals surface area contributed by atoms with E-state index in [0.29, 0.717) is 24.4 Å². The minimum Gasteiger partial charge on any atom is -0.467 e. The van der Waals surface area contributed by atoms with Gasteiger partial charge in [-0.2, -0.15) is 0 Å². The van der Waals surface area contributed by atoms with Gasteiger partial charge in [0, 0.05) is 19.3 Å². The zero-order valence-electron chi connectivity index (χ0n) is 12.1. The average molecular weight is 288 g/mol. The smallest absolute Gasteiger partial charge is 0.254 e. The number of carbonyl (C=O) groups is 1. The van der Waals surface area contributed by atoms with Gasteiger partial charge in [-0.05, 0) is 31.0 Å². The molecule has 0 aliphatic carbocycles. The molecule has 1 amide bonds. The van der Waals surface area contributed by atoms with Crippen molar-refractivity contribution in [3.63, 3.8) is 0 Å². The molecule has 2 rings (SSSR count). The Hall–Kier alpha value is -2.34. The van der Waals surface area contributed by atoms with Gasteiger partial charge in [0.1, 0.15) is 17.8 Å². The van der Waals surface area contributed by atoms with Crippen molar-refractivity contribution in [3.8, 4) is 0 Å². The SMILES string of the molecule is Cc1ccc(NCCCNC(=O)c2coc(CN)c2)nc1. The fourth-order valence-corrected chi connectivity index (χ4v) is 1.79. The number of hydrogen-bond donors (Lipinski definition) is 3. The number of hydrogen-bond acceptors (Lipinski definition) is 5.